The zero-order valence-corrected chi connectivity index (χ0v) is 14.1. The van der Waals surface area contributed by atoms with E-state index in [0.717, 1.165) is 28.2 Å². The number of aryl methyl sites for hydroxylation is 2. The van der Waals surface area contributed by atoms with Crippen LogP contribution in [0, 0.1) is 13.8 Å². The fourth-order valence-electron chi connectivity index (χ4n) is 2.15. The molecule has 0 atom stereocenters. The molecule has 116 valence electrons. The van der Waals surface area contributed by atoms with E-state index >= 15 is 0 Å². The van der Waals surface area contributed by atoms with Gasteiger partial charge in [-0.05, 0) is 48.7 Å². The molecule has 2 aromatic rings. The molecular formula is C18H18Cl2O2. The molecule has 0 bridgehead atoms. The minimum atomic E-state index is 0.205. The number of benzene rings is 2. The molecular weight excluding hydrogens is 319 g/mol. The van der Waals surface area contributed by atoms with Crippen LogP contribution in [0.1, 0.15) is 16.7 Å². The van der Waals surface area contributed by atoms with Crippen LogP contribution in [0.4, 0.5) is 0 Å². The van der Waals surface area contributed by atoms with E-state index < -0.39 is 0 Å². The van der Waals surface area contributed by atoms with Gasteiger partial charge in [0.2, 0.25) is 0 Å². The largest absolute Gasteiger partial charge is 0.489 e. The lowest BCUT2D eigenvalue weighted by atomic mass is 10.1. The number of ether oxygens (including phenoxy) is 2. The second-order valence-corrected chi connectivity index (χ2v) is 5.97. The van der Waals surface area contributed by atoms with Gasteiger partial charge in [0.25, 0.3) is 0 Å². The van der Waals surface area contributed by atoms with Gasteiger partial charge < -0.3 is 9.47 Å². The van der Waals surface area contributed by atoms with E-state index in [9.17, 15) is 0 Å². The topological polar surface area (TPSA) is 18.5 Å². The lowest BCUT2D eigenvalue weighted by Crippen LogP contribution is -2.00. The summed E-state index contributed by atoms with van der Waals surface area (Å²) in [5.41, 5.74) is 3.21. The van der Waals surface area contributed by atoms with Gasteiger partial charge in [-0.2, -0.15) is 0 Å². The maximum atomic E-state index is 5.94. The summed E-state index contributed by atoms with van der Waals surface area (Å²) in [6.07, 6.45) is 1.60. The molecule has 4 heteroatoms. The first-order valence-corrected chi connectivity index (χ1v) is 7.74. The molecule has 0 unspecified atom stereocenters. The molecule has 0 spiro atoms. The standard InChI is InChI=1S/C18H18Cl2O2/c1-13-10-16(21-9-8-17(19)20)11-14(2)18(13)22-12-15-6-4-3-5-7-15/h3-8,10-11H,9,12H2,1-2H3. The highest BCUT2D eigenvalue weighted by Gasteiger charge is 2.07. The number of rotatable bonds is 6. The summed E-state index contributed by atoms with van der Waals surface area (Å²) >= 11 is 11.1. The van der Waals surface area contributed by atoms with Crippen LogP contribution in [0.15, 0.2) is 53.0 Å². The number of halogens is 2. The third-order valence-corrected chi connectivity index (χ3v) is 3.46. The molecule has 0 aromatic heterocycles. The van der Waals surface area contributed by atoms with Gasteiger partial charge in [-0.1, -0.05) is 53.5 Å². The summed E-state index contributed by atoms with van der Waals surface area (Å²) in [4.78, 5) is 0. The minimum absolute atomic E-state index is 0.205. The third-order valence-electron chi connectivity index (χ3n) is 3.15. The summed E-state index contributed by atoms with van der Waals surface area (Å²) in [5, 5.41) is 0. The van der Waals surface area contributed by atoms with E-state index in [4.69, 9.17) is 32.7 Å². The first kappa shape index (κ1) is 16.7. The van der Waals surface area contributed by atoms with Crippen molar-refractivity contribution in [3.63, 3.8) is 0 Å². The molecule has 2 aromatic carbocycles. The van der Waals surface area contributed by atoms with Crippen LogP contribution in [0.2, 0.25) is 0 Å². The first-order valence-electron chi connectivity index (χ1n) is 6.98. The SMILES string of the molecule is Cc1cc(OCC=C(Cl)Cl)cc(C)c1OCc1ccccc1. The molecule has 0 saturated carbocycles. The van der Waals surface area contributed by atoms with Crippen LogP contribution in [0.3, 0.4) is 0 Å². The predicted molar refractivity (Wildman–Crippen MR) is 92.0 cm³/mol. The molecule has 0 aliphatic heterocycles. The van der Waals surface area contributed by atoms with E-state index in [1.54, 1.807) is 6.08 Å². The predicted octanol–water partition coefficient (Wildman–Crippen LogP) is 5.58. The molecule has 0 N–H and O–H groups in total. The Kier molecular flexibility index (Phi) is 6.17. The average Bonchev–Trinajstić information content (AvgIpc) is 2.47. The zero-order chi connectivity index (χ0) is 15.9. The van der Waals surface area contributed by atoms with Crippen molar-refractivity contribution in [3.8, 4) is 11.5 Å². The van der Waals surface area contributed by atoms with Crippen molar-refractivity contribution >= 4 is 23.2 Å². The molecule has 22 heavy (non-hydrogen) atoms. The Hall–Kier alpha value is -1.64. The quantitative estimate of drug-likeness (QED) is 0.685. The van der Waals surface area contributed by atoms with Crippen LogP contribution in [0.5, 0.6) is 11.5 Å². The summed E-state index contributed by atoms with van der Waals surface area (Å²) in [7, 11) is 0. The lowest BCUT2D eigenvalue weighted by molar-refractivity contribution is 0.300. The lowest BCUT2D eigenvalue weighted by Gasteiger charge is -2.14. The second kappa shape index (κ2) is 8.11. The molecule has 0 amide bonds. The molecule has 0 radical (unpaired) electrons. The Morgan fingerprint density at radius 2 is 1.64 bits per heavy atom. The molecule has 0 aliphatic rings. The summed E-state index contributed by atoms with van der Waals surface area (Å²) in [6, 6.07) is 14.0. The highest BCUT2D eigenvalue weighted by Crippen LogP contribution is 2.29. The minimum Gasteiger partial charge on any atom is -0.489 e. The van der Waals surface area contributed by atoms with Gasteiger partial charge in [-0.3, -0.25) is 0 Å². The van der Waals surface area contributed by atoms with Crippen molar-refractivity contribution in [3.05, 3.63) is 69.7 Å². The van der Waals surface area contributed by atoms with Crippen LogP contribution in [0.25, 0.3) is 0 Å². The van der Waals surface area contributed by atoms with Crippen molar-refractivity contribution < 1.29 is 9.47 Å². The van der Waals surface area contributed by atoms with Gasteiger partial charge in [0.1, 0.15) is 29.2 Å². The summed E-state index contributed by atoms with van der Waals surface area (Å²) < 4.78 is 11.7. The Morgan fingerprint density at radius 3 is 2.23 bits per heavy atom. The van der Waals surface area contributed by atoms with Crippen molar-refractivity contribution in [1.29, 1.82) is 0 Å². The van der Waals surface area contributed by atoms with E-state index in [1.165, 1.54) is 0 Å². The van der Waals surface area contributed by atoms with Crippen LogP contribution < -0.4 is 9.47 Å². The van der Waals surface area contributed by atoms with Gasteiger partial charge >= 0.3 is 0 Å². The summed E-state index contributed by atoms with van der Waals surface area (Å²) in [5.74, 6) is 1.66. The van der Waals surface area contributed by atoms with Gasteiger partial charge in [0, 0.05) is 0 Å². The Balaban J connectivity index is 2.05. The van der Waals surface area contributed by atoms with Gasteiger partial charge in [0.15, 0.2) is 0 Å². The molecule has 2 rings (SSSR count). The Labute approximate surface area is 141 Å². The Bertz CT molecular complexity index is 624. The van der Waals surface area contributed by atoms with Crippen LogP contribution in [-0.2, 0) is 6.61 Å². The van der Waals surface area contributed by atoms with E-state index in [-0.39, 0.29) is 4.49 Å². The fourth-order valence-corrected chi connectivity index (χ4v) is 2.28. The number of hydrogen-bond acceptors (Lipinski definition) is 2. The van der Waals surface area contributed by atoms with E-state index in [1.807, 2.05) is 56.3 Å². The van der Waals surface area contributed by atoms with E-state index in [0.29, 0.717) is 13.2 Å². The van der Waals surface area contributed by atoms with E-state index in [2.05, 4.69) is 0 Å². The highest BCUT2D eigenvalue weighted by atomic mass is 35.5. The molecule has 0 aliphatic carbocycles. The Morgan fingerprint density at radius 1 is 1.00 bits per heavy atom. The highest BCUT2D eigenvalue weighted by molar-refractivity contribution is 6.55. The monoisotopic (exact) mass is 336 g/mol. The van der Waals surface area contributed by atoms with Crippen LogP contribution in [-0.4, -0.2) is 6.61 Å². The van der Waals surface area contributed by atoms with Gasteiger partial charge in [0.05, 0.1) is 0 Å². The zero-order valence-electron chi connectivity index (χ0n) is 12.6. The first-order chi connectivity index (χ1) is 10.6. The van der Waals surface area contributed by atoms with Crippen LogP contribution >= 0.6 is 23.2 Å². The molecule has 0 saturated heterocycles. The van der Waals surface area contributed by atoms with Gasteiger partial charge in [-0.25, -0.2) is 0 Å². The van der Waals surface area contributed by atoms with Crippen molar-refractivity contribution in [2.24, 2.45) is 0 Å². The second-order valence-electron chi connectivity index (χ2n) is 4.97. The third kappa shape index (κ3) is 4.97. The van der Waals surface area contributed by atoms with Crippen molar-refractivity contribution in [1.82, 2.24) is 0 Å². The normalized spacial score (nSPS) is 10.2. The average molecular weight is 337 g/mol. The number of hydrogen-bond donors (Lipinski definition) is 0. The van der Waals surface area contributed by atoms with Crippen molar-refractivity contribution in [2.45, 2.75) is 20.5 Å². The summed E-state index contributed by atoms with van der Waals surface area (Å²) in [6.45, 7) is 4.90. The molecule has 0 heterocycles. The smallest absolute Gasteiger partial charge is 0.125 e. The van der Waals surface area contributed by atoms with Gasteiger partial charge in [-0.15, -0.1) is 0 Å². The fraction of sp³-hybridized carbons (Fsp3) is 0.222. The van der Waals surface area contributed by atoms with Crippen molar-refractivity contribution in [2.75, 3.05) is 6.61 Å². The molecule has 2 nitrogen and oxygen atoms in total. The maximum Gasteiger partial charge on any atom is 0.125 e. The molecule has 0 fully saturated rings. The maximum absolute atomic E-state index is 5.94.